The Balaban J connectivity index is 1.38. The van der Waals surface area contributed by atoms with Crippen LogP contribution < -0.4 is 10.2 Å². The van der Waals surface area contributed by atoms with E-state index in [0.29, 0.717) is 17.8 Å². The van der Waals surface area contributed by atoms with Crippen LogP contribution >= 0.6 is 0 Å². The van der Waals surface area contributed by atoms with Gasteiger partial charge in [0.15, 0.2) is 0 Å². The minimum atomic E-state index is -0.180. The molecule has 0 bridgehead atoms. The summed E-state index contributed by atoms with van der Waals surface area (Å²) < 4.78 is 0. The van der Waals surface area contributed by atoms with Gasteiger partial charge in [0, 0.05) is 36.0 Å². The van der Waals surface area contributed by atoms with Crippen molar-refractivity contribution < 1.29 is 9.59 Å². The minimum Gasteiger partial charge on any atom is -0.338 e. The van der Waals surface area contributed by atoms with Gasteiger partial charge in [-0.3, -0.25) is 9.59 Å². The van der Waals surface area contributed by atoms with Crippen LogP contribution in [0, 0.1) is 0 Å². The number of amides is 2. The van der Waals surface area contributed by atoms with Crippen molar-refractivity contribution in [2.24, 2.45) is 0 Å². The minimum absolute atomic E-state index is 0.0216. The fourth-order valence-electron chi connectivity index (χ4n) is 3.91. The summed E-state index contributed by atoms with van der Waals surface area (Å²) in [6.07, 6.45) is 0.761. The molecule has 0 saturated heterocycles. The summed E-state index contributed by atoms with van der Waals surface area (Å²) in [5.74, 6) is 0.600. The molecule has 0 fully saturated rings. The largest absolute Gasteiger partial charge is 0.338 e. The first-order chi connectivity index (χ1) is 14.6. The van der Waals surface area contributed by atoms with E-state index in [1.165, 1.54) is 0 Å². The van der Waals surface area contributed by atoms with Crippen molar-refractivity contribution >= 4 is 34.2 Å². The number of hydrogen-bond acceptors (Lipinski definition) is 3. The lowest BCUT2D eigenvalue weighted by Crippen LogP contribution is -2.25. The SMILES string of the molecule is CC(=O)N1CCc2cc(C(=O)Nc3cccc(-c4nc5ccccc5[nH]4)c3)ccc21. The van der Waals surface area contributed by atoms with Gasteiger partial charge in [0.1, 0.15) is 5.82 Å². The zero-order chi connectivity index (χ0) is 20.7. The van der Waals surface area contributed by atoms with E-state index in [-0.39, 0.29) is 11.8 Å². The first-order valence-electron chi connectivity index (χ1n) is 9.86. The van der Waals surface area contributed by atoms with Crippen LogP contribution in [0.25, 0.3) is 22.4 Å². The number of aromatic nitrogens is 2. The molecule has 0 saturated carbocycles. The zero-order valence-corrected chi connectivity index (χ0v) is 16.5. The van der Waals surface area contributed by atoms with E-state index in [4.69, 9.17) is 0 Å². The molecule has 30 heavy (non-hydrogen) atoms. The van der Waals surface area contributed by atoms with E-state index in [9.17, 15) is 9.59 Å². The van der Waals surface area contributed by atoms with E-state index in [1.807, 2.05) is 60.7 Å². The number of para-hydroxylation sites is 2. The molecule has 6 nitrogen and oxygen atoms in total. The average Bonchev–Trinajstić information content (AvgIpc) is 3.37. The number of anilines is 2. The molecule has 0 aliphatic carbocycles. The number of H-pyrrole nitrogens is 1. The monoisotopic (exact) mass is 396 g/mol. The van der Waals surface area contributed by atoms with Crippen LogP contribution in [0.2, 0.25) is 0 Å². The van der Waals surface area contributed by atoms with Gasteiger partial charge in [-0.2, -0.15) is 0 Å². The Labute approximate surface area is 173 Å². The topological polar surface area (TPSA) is 78.1 Å². The smallest absolute Gasteiger partial charge is 0.255 e. The van der Waals surface area contributed by atoms with Gasteiger partial charge in [-0.05, 0) is 54.4 Å². The molecule has 6 heteroatoms. The van der Waals surface area contributed by atoms with Gasteiger partial charge < -0.3 is 15.2 Å². The summed E-state index contributed by atoms with van der Waals surface area (Å²) in [4.78, 5) is 34.2. The van der Waals surface area contributed by atoms with Crippen LogP contribution in [-0.2, 0) is 11.2 Å². The first kappa shape index (κ1) is 18.1. The van der Waals surface area contributed by atoms with E-state index < -0.39 is 0 Å². The molecule has 1 aromatic heterocycles. The number of carbonyl (C=O) groups excluding carboxylic acids is 2. The molecule has 1 aliphatic heterocycles. The Morgan fingerprint density at radius 1 is 1.03 bits per heavy atom. The van der Waals surface area contributed by atoms with E-state index >= 15 is 0 Å². The Bertz CT molecular complexity index is 1260. The molecule has 0 radical (unpaired) electrons. The van der Waals surface area contributed by atoms with Crippen LogP contribution in [0.1, 0.15) is 22.8 Å². The van der Waals surface area contributed by atoms with Gasteiger partial charge in [0.2, 0.25) is 5.91 Å². The standard InChI is InChI=1S/C24H20N4O2/c1-15(29)28-12-11-16-13-18(9-10-22(16)28)24(30)25-19-6-4-5-17(14-19)23-26-20-7-2-3-8-21(20)27-23/h2-10,13-14H,11-12H2,1H3,(H,25,30)(H,26,27). The average molecular weight is 396 g/mol. The summed E-state index contributed by atoms with van der Waals surface area (Å²) in [5.41, 5.74) is 5.96. The van der Waals surface area contributed by atoms with Gasteiger partial charge in [-0.1, -0.05) is 24.3 Å². The van der Waals surface area contributed by atoms with Crippen molar-refractivity contribution in [2.75, 3.05) is 16.8 Å². The van der Waals surface area contributed by atoms with Crippen LogP contribution in [-0.4, -0.2) is 28.3 Å². The Hall–Kier alpha value is -3.93. The number of aromatic amines is 1. The Morgan fingerprint density at radius 2 is 1.90 bits per heavy atom. The third kappa shape index (κ3) is 3.22. The lowest BCUT2D eigenvalue weighted by molar-refractivity contribution is -0.116. The number of imidazole rings is 1. The van der Waals surface area contributed by atoms with Gasteiger partial charge >= 0.3 is 0 Å². The fourth-order valence-corrected chi connectivity index (χ4v) is 3.91. The molecule has 4 aromatic rings. The molecule has 148 valence electrons. The predicted molar refractivity (Wildman–Crippen MR) is 118 cm³/mol. The lowest BCUT2D eigenvalue weighted by atomic mass is 10.1. The summed E-state index contributed by atoms with van der Waals surface area (Å²) in [7, 11) is 0. The maximum absolute atomic E-state index is 12.8. The molecule has 1 aliphatic rings. The maximum Gasteiger partial charge on any atom is 0.255 e. The van der Waals surface area contributed by atoms with Crippen molar-refractivity contribution in [3.63, 3.8) is 0 Å². The molecule has 3 aromatic carbocycles. The first-order valence-corrected chi connectivity index (χ1v) is 9.86. The van der Waals surface area contributed by atoms with E-state index in [1.54, 1.807) is 17.9 Å². The molecule has 0 unspecified atom stereocenters. The van der Waals surface area contributed by atoms with Crippen LogP contribution in [0.5, 0.6) is 0 Å². The van der Waals surface area contributed by atoms with Crippen molar-refractivity contribution in [3.05, 3.63) is 77.9 Å². The van der Waals surface area contributed by atoms with Crippen molar-refractivity contribution in [3.8, 4) is 11.4 Å². The molecular formula is C24H20N4O2. The third-order valence-corrected chi connectivity index (χ3v) is 5.40. The Kier molecular flexibility index (Phi) is 4.32. The molecule has 2 heterocycles. The number of nitrogens with one attached hydrogen (secondary N) is 2. The second kappa shape index (κ2) is 7.15. The third-order valence-electron chi connectivity index (χ3n) is 5.40. The quantitative estimate of drug-likeness (QED) is 0.539. The van der Waals surface area contributed by atoms with Gasteiger partial charge in [-0.15, -0.1) is 0 Å². The van der Waals surface area contributed by atoms with Crippen LogP contribution in [0.15, 0.2) is 66.7 Å². The fraction of sp³-hybridized carbons (Fsp3) is 0.125. The number of carbonyl (C=O) groups is 2. The number of fused-ring (bicyclic) bond motifs is 2. The molecule has 5 rings (SSSR count). The number of nitrogens with zero attached hydrogens (tertiary/aromatic N) is 2. The van der Waals surface area contributed by atoms with Gasteiger partial charge in [0.25, 0.3) is 5.91 Å². The number of benzene rings is 3. The lowest BCUT2D eigenvalue weighted by Gasteiger charge is -2.14. The van der Waals surface area contributed by atoms with Gasteiger partial charge in [0.05, 0.1) is 11.0 Å². The summed E-state index contributed by atoms with van der Waals surface area (Å²) in [6, 6.07) is 21.0. The van der Waals surface area contributed by atoms with Crippen molar-refractivity contribution in [1.29, 1.82) is 0 Å². The van der Waals surface area contributed by atoms with Gasteiger partial charge in [-0.25, -0.2) is 4.98 Å². The number of rotatable bonds is 3. The highest BCUT2D eigenvalue weighted by atomic mass is 16.2. The summed E-state index contributed by atoms with van der Waals surface area (Å²) in [6.45, 7) is 2.22. The second-order valence-corrected chi connectivity index (χ2v) is 7.40. The Morgan fingerprint density at radius 3 is 2.73 bits per heavy atom. The van der Waals surface area contributed by atoms with E-state index in [0.717, 1.165) is 40.1 Å². The number of hydrogen-bond donors (Lipinski definition) is 2. The highest BCUT2D eigenvalue weighted by Crippen LogP contribution is 2.29. The normalized spacial score (nSPS) is 12.8. The van der Waals surface area contributed by atoms with E-state index in [2.05, 4.69) is 15.3 Å². The summed E-state index contributed by atoms with van der Waals surface area (Å²) in [5, 5.41) is 2.97. The van der Waals surface area contributed by atoms with Crippen LogP contribution in [0.4, 0.5) is 11.4 Å². The highest BCUT2D eigenvalue weighted by molar-refractivity contribution is 6.05. The molecule has 2 N–H and O–H groups in total. The molecule has 0 spiro atoms. The maximum atomic E-state index is 12.8. The zero-order valence-electron chi connectivity index (χ0n) is 16.5. The van der Waals surface area contributed by atoms with Crippen LogP contribution in [0.3, 0.4) is 0 Å². The predicted octanol–water partition coefficient (Wildman–Crippen LogP) is 4.39. The van der Waals surface area contributed by atoms with Crippen molar-refractivity contribution in [1.82, 2.24) is 9.97 Å². The molecule has 2 amide bonds. The van der Waals surface area contributed by atoms with Crippen molar-refractivity contribution in [2.45, 2.75) is 13.3 Å². The molecule has 0 atom stereocenters. The molecular weight excluding hydrogens is 376 g/mol. The summed E-state index contributed by atoms with van der Waals surface area (Å²) >= 11 is 0. The second-order valence-electron chi connectivity index (χ2n) is 7.40. The highest BCUT2D eigenvalue weighted by Gasteiger charge is 2.23.